The molecule has 94 valence electrons. The second kappa shape index (κ2) is 5.32. The van der Waals surface area contributed by atoms with Crippen molar-refractivity contribution in [2.75, 3.05) is 11.9 Å². The van der Waals surface area contributed by atoms with Crippen LogP contribution in [-0.4, -0.2) is 17.9 Å². The number of anilines is 1. The molecule has 2 aromatic rings. The lowest BCUT2D eigenvalue weighted by atomic mass is 10.2. The molecule has 0 spiro atoms. The molecule has 2 rings (SSSR count). The maximum absolute atomic E-state index is 12.3. The quantitative estimate of drug-likeness (QED) is 0.824. The lowest BCUT2D eigenvalue weighted by molar-refractivity contribution is 0.0988. The third-order valence-corrected chi connectivity index (χ3v) is 2.80. The van der Waals surface area contributed by atoms with Crippen LogP contribution in [0.5, 0.6) is 0 Å². The van der Waals surface area contributed by atoms with E-state index in [4.69, 9.17) is 5.26 Å². The summed E-state index contributed by atoms with van der Waals surface area (Å²) >= 11 is 0. The molecule has 0 unspecified atom stereocenters. The van der Waals surface area contributed by atoms with Crippen molar-refractivity contribution in [3.8, 4) is 6.07 Å². The Morgan fingerprint density at radius 1 is 1.32 bits per heavy atom. The molecule has 0 aliphatic heterocycles. The molecule has 19 heavy (non-hydrogen) atoms. The topological polar surface area (TPSA) is 57.0 Å². The first-order chi connectivity index (χ1) is 9.11. The standard InChI is InChI=1S/C15H13N3O/c1-11-4-3-5-13(8-11)18(2)15(19)14-9-12(10-16)6-7-17-14/h3-9H,1-2H3. The minimum Gasteiger partial charge on any atom is -0.310 e. The fourth-order valence-electron chi connectivity index (χ4n) is 1.74. The SMILES string of the molecule is Cc1cccc(N(C)C(=O)c2cc(C#N)ccn2)c1. The number of hydrogen-bond acceptors (Lipinski definition) is 3. The predicted octanol–water partition coefficient (Wildman–Crippen LogP) is 2.54. The van der Waals surface area contributed by atoms with Gasteiger partial charge in [-0.1, -0.05) is 12.1 Å². The van der Waals surface area contributed by atoms with E-state index in [-0.39, 0.29) is 11.6 Å². The minimum absolute atomic E-state index is 0.234. The second-order valence-electron chi connectivity index (χ2n) is 4.24. The van der Waals surface area contributed by atoms with Gasteiger partial charge < -0.3 is 4.90 Å². The van der Waals surface area contributed by atoms with Crippen LogP contribution in [-0.2, 0) is 0 Å². The number of carbonyl (C=O) groups excluding carboxylic acids is 1. The molecule has 0 N–H and O–H groups in total. The number of carbonyl (C=O) groups is 1. The van der Waals surface area contributed by atoms with Crippen LogP contribution in [0.1, 0.15) is 21.6 Å². The lowest BCUT2D eigenvalue weighted by Crippen LogP contribution is -2.27. The Morgan fingerprint density at radius 2 is 2.11 bits per heavy atom. The van der Waals surface area contributed by atoms with Gasteiger partial charge in [0.1, 0.15) is 5.69 Å². The molecule has 1 aromatic carbocycles. The number of nitrogens with zero attached hydrogens (tertiary/aromatic N) is 3. The van der Waals surface area contributed by atoms with Crippen LogP contribution in [0, 0.1) is 18.3 Å². The first-order valence-electron chi connectivity index (χ1n) is 5.82. The van der Waals surface area contributed by atoms with Gasteiger partial charge in [-0.05, 0) is 36.8 Å². The third kappa shape index (κ3) is 2.78. The van der Waals surface area contributed by atoms with E-state index in [0.717, 1.165) is 11.3 Å². The van der Waals surface area contributed by atoms with Crippen molar-refractivity contribution in [1.82, 2.24) is 4.98 Å². The van der Waals surface area contributed by atoms with Crippen molar-refractivity contribution in [3.63, 3.8) is 0 Å². The summed E-state index contributed by atoms with van der Waals surface area (Å²) in [5.74, 6) is -0.234. The largest absolute Gasteiger partial charge is 0.310 e. The third-order valence-electron chi connectivity index (χ3n) is 2.80. The van der Waals surface area contributed by atoms with E-state index in [1.54, 1.807) is 13.1 Å². The number of rotatable bonds is 2. The van der Waals surface area contributed by atoms with E-state index in [9.17, 15) is 4.79 Å². The highest BCUT2D eigenvalue weighted by Gasteiger charge is 2.15. The van der Waals surface area contributed by atoms with Crippen molar-refractivity contribution in [3.05, 3.63) is 59.4 Å². The maximum Gasteiger partial charge on any atom is 0.276 e. The van der Waals surface area contributed by atoms with Crippen LogP contribution in [0.4, 0.5) is 5.69 Å². The number of aromatic nitrogens is 1. The smallest absolute Gasteiger partial charge is 0.276 e. The van der Waals surface area contributed by atoms with Gasteiger partial charge in [0.2, 0.25) is 0 Å². The number of benzene rings is 1. The lowest BCUT2D eigenvalue weighted by Gasteiger charge is -2.17. The van der Waals surface area contributed by atoms with Crippen LogP contribution >= 0.6 is 0 Å². The summed E-state index contributed by atoms with van der Waals surface area (Å²) in [6, 6.07) is 12.7. The highest BCUT2D eigenvalue weighted by molar-refractivity contribution is 6.04. The Kier molecular flexibility index (Phi) is 3.58. The molecule has 0 atom stereocenters. The van der Waals surface area contributed by atoms with Gasteiger partial charge in [0, 0.05) is 18.9 Å². The monoisotopic (exact) mass is 251 g/mol. The minimum atomic E-state index is -0.234. The number of aryl methyl sites for hydroxylation is 1. The highest BCUT2D eigenvalue weighted by Crippen LogP contribution is 2.16. The fraction of sp³-hybridized carbons (Fsp3) is 0.133. The van der Waals surface area contributed by atoms with Gasteiger partial charge in [0.15, 0.2) is 0 Å². The van der Waals surface area contributed by atoms with E-state index in [1.165, 1.54) is 17.2 Å². The summed E-state index contributed by atoms with van der Waals surface area (Å²) in [6.07, 6.45) is 1.47. The van der Waals surface area contributed by atoms with E-state index in [2.05, 4.69) is 4.98 Å². The first kappa shape index (κ1) is 12.8. The zero-order valence-corrected chi connectivity index (χ0v) is 10.8. The Hall–Kier alpha value is -2.67. The molecule has 4 heteroatoms. The predicted molar refractivity (Wildman–Crippen MR) is 72.9 cm³/mol. The number of amides is 1. The van der Waals surface area contributed by atoms with Gasteiger partial charge in [-0.15, -0.1) is 0 Å². The average Bonchev–Trinajstić information content (AvgIpc) is 2.45. The normalized spacial score (nSPS) is 9.74. The summed E-state index contributed by atoms with van der Waals surface area (Å²) in [6.45, 7) is 1.97. The van der Waals surface area contributed by atoms with Crippen LogP contribution < -0.4 is 4.90 Å². The van der Waals surface area contributed by atoms with E-state index in [0.29, 0.717) is 5.56 Å². The molecule has 0 saturated carbocycles. The molecule has 1 heterocycles. The molecule has 0 aliphatic rings. The molecular weight excluding hydrogens is 238 g/mol. The summed E-state index contributed by atoms with van der Waals surface area (Å²) in [4.78, 5) is 17.8. The first-order valence-corrected chi connectivity index (χ1v) is 5.82. The Balaban J connectivity index is 2.31. The van der Waals surface area contributed by atoms with Gasteiger partial charge in [-0.25, -0.2) is 0 Å². The number of pyridine rings is 1. The van der Waals surface area contributed by atoms with Gasteiger partial charge in [0.05, 0.1) is 11.6 Å². The molecular formula is C15H13N3O. The fourth-order valence-corrected chi connectivity index (χ4v) is 1.74. The molecule has 0 bridgehead atoms. The van der Waals surface area contributed by atoms with Gasteiger partial charge in [-0.3, -0.25) is 9.78 Å². The van der Waals surface area contributed by atoms with E-state index in [1.807, 2.05) is 37.3 Å². The van der Waals surface area contributed by atoms with Crippen molar-refractivity contribution >= 4 is 11.6 Å². The van der Waals surface area contributed by atoms with Crippen molar-refractivity contribution in [2.45, 2.75) is 6.92 Å². The molecule has 0 aliphatic carbocycles. The highest BCUT2D eigenvalue weighted by atomic mass is 16.2. The van der Waals surface area contributed by atoms with Crippen molar-refractivity contribution < 1.29 is 4.79 Å². The number of hydrogen-bond donors (Lipinski definition) is 0. The van der Waals surface area contributed by atoms with Crippen LogP contribution in [0.25, 0.3) is 0 Å². The molecule has 4 nitrogen and oxygen atoms in total. The molecule has 0 saturated heterocycles. The summed E-state index contributed by atoms with van der Waals surface area (Å²) in [5, 5.41) is 8.83. The van der Waals surface area contributed by atoms with Crippen LogP contribution in [0.2, 0.25) is 0 Å². The Labute approximate surface area is 111 Å². The Bertz CT molecular complexity index is 658. The van der Waals surface area contributed by atoms with Crippen molar-refractivity contribution in [1.29, 1.82) is 5.26 Å². The molecule has 0 radical (unpaired) electrons. The maximum atomic E-state index is 12.3. The Morgan fingerprint density at radius 3 is 2.79 bits per heavy atom. The summed E-state index contributed by atoms with van der Waals surface area (Å²) in [7, 11) is 1.69. The van der Waals surface area contributed by atoms with Crippen molar-refractivity contribution in [2.24, 2.45) is 0 Å². The van der Waals surface area contributed by atoms with E-state index >= 15 is 0 Å². The van der Waals surface area contributed by atoms with E-state index < -0.39 is 0 Å². The molecule has 0 fully saturated rings. The molecule has 1 aromatic heterocycles. The van der Waals surface area contributed by atoms with Gasteiger partial charge >= 0.3 is 0 Å². The van der Waals surface area contributed by atoms with Crippen LogP contribution in [0.15, 0.2) is 42.6 Å². The number of nitriles is 1. The average molecular weight is 251 g/mol. The second-order valence-corrected chi connectivity index (χ2v) is 4.24. The molecule has 1 amide bonds. The van der Waals surface area contributed by atoms with Gasteiger partial charge in [-0.2, -0.15) is 5.26 Å². The van der Waals surface area contributed by atoms with Crippen LogP contribution in [0.3, 0.4) is 0 Å². The van der Waals surface area contributed by atoms with Gasteiger partial charge in [0.25, 0.3) is 5.91 Å². The zero-order valence-electron chi connectivity index (χ0n) is 10.8. The summed E-state index contributed by atoms with van der Waals surface area (Å²) in [5.41, 5.74) is 2.57. The summed E-state index contributed by atoms with van der Waals surface area (Å²) < 4.78 is 0. The zero-order chi connectivity index (χ0) is 13.8.